The average Bonchev–Trinajstić information content (AvgIpc) is 3.22. The molecule has 2 fully saturated rings. The van der Waals surface area contributed by atoms with Crippen LogP contribution in [0.25, 0.3) is 0 Å². The Bertz CT molecular complexity index is 719. The summed E-state index contributed by atoms with van der Waals surface area (Å²) in [5.41, 5.74) is 1.52. The number of ether oxygens (including phenoxy) is 2. The van der Waals surface area contributed by atoms with Crippen molar-refractivity contribution in [2.24, 2.45) is 5.41 Å². The highest BCUT2D eigenvalue weighted by molar-refractivity contribution is 5.93. The predicted octanol–water partition coefficient (Wildman–Crippen LogP) is 2.90. The van der Waals surface area contributed by atoms with Crippen molar-refractivity contribution in [2.45, 2.75) is 32.0 Å². The molecule has 0 N–H and O–H groups in total. The lowest BCUT2D eigenvalue weighted by Gasteiger charge is -2.50. The summed E-state index contributed by atoms with van der Waals surface area (Å²) < 4.78 is 17.2. The van der Waals surface area contributed by atoms with Crippen LogP contribution in [0.3, 0.4) is 0 Å². The van der Waals surface area contributed by atoms with Gasteiger partial charge in [-0.15, -0.1) is 0 Å². The van der Waals surface area contributed by atoms with E-state index in [1.807, 2.05) is 23.2 Å². The molecule has 0 bridgehead atoms. The third-order valence-corrected chi connectivity index (χ3v) is 5.42. The summed E-state index contributed by atoms with van der Waals surface area (Å²) in [4.78, 5) is 18.8. The molecule has 138 valence electrons. The number of pyridine rings is 1. The molecule has 26 heavy (non-hydrogen) atoms. The first-order valence-electron chi connectivity index (χ1n) is 9.17. The summed E-state index contributed by atoms with van der Waals surface area (Å²) in [6.07, 6.45) is 9.64. The summed E-state index contributed by atoms with van der Waals surface area (Å²) in [6, 6.07) is 5.64. The van der Waals surface area contributed by atoms with Gasteiger partial charge in [0, 0.05) is 37.5 Å². The molecule has 2 aromatic rings. The van der Waals surface area contributed by atoms with Crippen LogP contribution in [0.1, 0.15) is 35.2 Å². The third kappa shape index (κ3) is 3.52. The maximum absolute atomic E-state index is 12.7. The van der Waals surface area contributed by atoms with Gasteiger partial charge in [0.05, 0.1) is 31.1 Å². The normalized spacial score (nSPS) is 25.7. The van der Waals surface area contributed by atoms with Gasteiger partial charge in [-0.05, 0) is 37.0 Å². The number of hydrogen-bond donors (Lipinski definition) is 0. The van der Waals surface area contributed by atoms with Gasteiger partial charge in [-0.2, -0.15) is 0 Å². The maximum atomic E-state index is 12.7. The molecule has 6 heteroatoms. The first-order chi connectivity index (χ1) is 12.8. The van der Waals surface area contributed by atoms with E-state index in [0.29, 0.717) is 31.9 Å². The van der Waals surface area contributed by atoms with E-state index in [2.05, 4.69) is 4.98 Å². The lowest BCUT2D eigenvalue weighted by molar-refractivity contribution is -0.148. The highest BCUT2D eigenvalue weighted by Crippen LogP contribution is 2.41. The maximum Gasteiger partial charge on any atom is 0.257 e. The van der Waals surface area contributed by atoms with E-state index < -0.39 is 0 Å². The Labute approximate surface area is 153 Å². The number of carbonyl (C=O) groups is 1. The van der Waals surface area contributed by atoms with Crippen LogP contribution in [0.4, 0.5) is 0 Å². The fourth-order valence-corrected chi connectivity index (χ4v) is 4.10. The minimum atomic E-state index is -0.141. The number of nitrogens with zero attached hydrogens (tertiary/aromatic N) is 2. The molecule has 6 nitrogen and oxygen atoms in total. The summed E-state index contributed by atoms with van der Waals surface area (Å²) in [7, 11) is 0. The zero-order valence-corrected chi connectivity index (χ0v) is 14.8. The third-order valence-electron chi connectivity index (χ3n) is 5.42. The lowest BCUT2D eigenvalue weighted by Crippen LogP contribution is -2.58. The van der Waals surface area contributed by atoms with Gasteiger partial charge in [0.15, 0.2) is 0 Å². The van der Waals surface area contributed by atoms with Crippen LogP contribution in [-0.2, 0) is 16.1 Å². The molecule has 0 aromatic carbocycles. The van der Waals surface area contributed by atoms with Crippen molar-refractivity contribution in [3.8, 4) is 0 Å². The zero-order valence-electron chi connectivity index (χ0n) is 14.8. The molecular formula is C20H24N2O4. The van der Waals surface area contributed by atoms with Crippen LogP contribution < -0.4 is 0 Å². The fourth-order valence-electron chi connectivity index (χ4n) is 4.10. The highest BCUT2D eigenvalue weighted by Gasteiger charge is 2.47. The summed E-state index contributed by atoms with van der Waals surface area (Å²) in [5, 5.41) is 0. The van der Waals surface area contributed by atoms with E-state index in [4.69, 9.17) is 13.9 Å². The number of aromatic nitrogens is 1. The molecule has 2 aliphatic heterocycles. The van der Waals surface area contributed by atoms with Gasteiger partial charge < -0.3 is 18.8 Å². The summed E-state index contributed by atoms with van der Waals surface area (Å²) in [6.45, 7) is 3.28. The Balaban J connectivity index is 1.45. The quantitative estimate of drug-likeness (QED) is 0.824. The lowest BCUT2D eigenvalue weighted by atomic mass is 9.73. The number of piperidine rings is 1. The van der Waals surface area contributed by atoms with Crippen molar-refractivity contribution in [1.29, 1.82) is 0 Å². The van der Waals surface area contributed by atoms with Gasteiger partial charge in [0.2, 0.25) is 0 Å². The molecule has 4 rings (SSSR count). The van der Waals surface area contributed by atoms with E-state index in [1.165, 1.54) is 12.5 Å². The molecule has 4 heterocycles. The Hall–Kier alpha value is -2.18. The second kappa shape index (κ2) is 7.60. The van der Waals surface area contributed by atoms with Crippen LogP contribution in [0.5, 0.6) is 0 Å². The minimum absolute atomic E-state index is 0.0226. The van der Waals surface area contributed by atoms with Gasteiger partial charge in [-0.3, -0.25) is 9.78 Å². The zero-order chi connectivity index (χ0) is 17.8. The SMILES string of the molecule is O=C(c1ccoc1)N1CC[C@H]2OCCC[C@]2(COCc2cccnc2)C1. The topological polar surface area (TPSA) is 64.8 Å². The number of furan rings is 1. The van der Waals surface area contributed by atoms with Gasteiger partial charge in [-0.1, -0.05) is 6.07 Å². The van der Waals surface area contributed by atoms with Crippen LogP contribution in [-0.4, -0.2) is 48.2 Å². The minimum Gasteiger partial charge on any atom is -0.472 e. The molecular weight excluding hydrogens is 332 g/mol. The largest absolute Gasteiger partial charge is 0.472 e. The van der Waals surface area contributed by atoms with Crippen molar-refractivity contribution in [1.82, 2.24) is 9.88 Å². The molecule has 0 aliphatic carbocycles. The van der Waals surface area contributed by atoms with E-state index in [-0.39, 0.29) is 17.4 Å². The predicted molar refractivity (Wildman–Crippen MR) is 94.5 cm³/mol. The molecule has 2 aliphatic rings. The van der Waals surface area contributed by atoms with Gasteiger partial charge in [0.1, 0.15) is 6.26 Å². The molecule has 2 aromatic heterocycles. The number of hydrogen-bond acceptors (Lipinski definition) is 5. The Morgan fingerprint density at radius 2 is 2.38 bits per heavy atom. The Morgan fingerprint density at radius 1 is 1.42 bits per heavy atom. The van der Waals surface area contributed by atoms with Crippen molar-refractivity contribution in [3.05, 3.63) is 54.2 Å². The second-order valence-corrected chi connectivity index (χ2v) is 7.21. The van der Waals surface area contributed by atoms with E-state index >= 15 is 0 Å². The first-order valence-corrected chi connectivity index (χ1v) is 9.17. The smallest absolute Gasteiger partial charge is 0.257 e. The Morgan fingerprint density at radius 3 is 3.19 bits per heavy atom. The first kappa shape index (κ1) is 17.2. The average molecular weight is 356 g/mol. The van der Waals surface area contributed by atoms with Gasteiger partial charge in [-0.25, -0.2) is 0 Å². The fraction of sp³-hybridized carbons (Fsp3) is 0.500. The van der Waals surface area contributed by atoms with E-state index in [9.17, 15) is 4.79 Å². The monoisotopic (exact) mass is 356 g/mol. The van der Waals surface area contributed by atoms with Crippen molar-refractivity contribution in [3.63, 3.8) is 0 Å². The van der Waals surface area contributed by atoms with Crippen molar-refractivity contribution >= 4 is 5.91 Å². The van der Waals surface area contributed by atoms with Gasteiger partial charge >= 0.3 is 0 Å². The second-order valence-electron chi connectivity index (χ2n) is 7.21. The number of rotatable bonds is 5. The van der Waals surface area contributed by atoms with E-state index in [1.54, 1.807) is 12.3 Å². The van der Waals surface area contributed by atoms with E-state index in [0.717, 1.165) is 31.4 Å². The molecule has 0 radical (unpaired) electrons. The standard InChI is InChI=1S/C20H24N2O4/c23-19(17-5-10-24-13-17)22-8-4-18-20(14-22,6-2-9-26-18)15-25-12-16-3-1-7-21-11-16/h1,3,5,7,10-11,13,18H,2,4,6,8-9,12,14-15H2/t18-,20-/m1/s1. The van der Waals surface area contributed by atoms with Crippen LogP contribution in [0.15, 0.2) is 47.5 Å². The molecule has 2 saturated heterocycles. The highest BCUT2D eigenvalue weighted by atomic mass is 16.5. The Kier molecular flexibility index (Phi) is 5.04. The van der Waals surface area contributed by atoms with Crippen molar-refractivity contribution in [2.75, 3.05) is 26.3 Å². The van der Waals surface area contributed by atoms with Crippen LogP contribution in [0.2, 0.25) is 0 Å². The molecule has 2 atom stereocenters. The molecule has 0 unspecified atom stereocenters. The number of fused-ring (bicyclic) bond motifs is 1. The summed E-state index contributed by atoms with van der Waals surface area (Å²) >= 11 is 0. The molecule has 1 amide bonds. The molecule has 0 spiro atoms. The van der Waals surface area contributed by atoms with Crippen molar-refractivity contribution < 1.29 is 18.7 Å². The number of amides is 1. The van der Waals surface area contributed by atoms with Gasteiger partial charge in [0.25, 0.3) is 5.91 Å². The number of carbonyl (C=O) groups excluding carboxylic acids is 1. The number of likely N-dealkylation sites (tertiary alicyclic amines) is 1. The molecule has 0 saturated carbocycles. The summed E-state index contributed by atoms with van der Waals surface area (Å²) in [5.74, 6) is 0.0226. The van der Waals surface area contributed by atoms with Crippen LogP contribution >= 0.6 is 0 Å². The van der Waals surface area contributed by atoms with Crippen LogP contribution in [0, 0.1) is 5.41 Å².